The Kier molecular flexibility index (Phi) is 3.63. The first-order chi connectivity index (χ1) is 11.8. The van der Waals surface area contributed by atoms with E-state index in [2.05, 4.69) is 40.5 Å². The van der Waals surface area contributed by atoms with Gasteiger partial charge in [0, 0.05) is 5.39 Å². The third-order valence-electron chi connectivity index (χ3n) is 4.03. The van der Waals surface area contributed by atoms with Crippen LogP contribution in [0.1, 0.15) is 5.56 Å². The van der Waals surface area contributed by atoms with Crippen LogP contribution in [0.5, 0.6) is 5.75 Å². The van der Waals surface area contributed by atoms with E-state index >= 15 is 0 Å². The number of hydrogen-bond donors (Lipinski definition) is 2. The number of nitrogens with zero attached hydrogens (tertiary/aromatic N) is 1. The Labute approximate surface area is 139 Å². The molecule has 4 heteroatoms. The SMILES string of the molecule is Nc1n[nH]c2cc(-c3ccc(OCc4ccccc4)cc3)ccc12. The molecule has 0 aliphatic rings. The fraction of sp³-hybridized carbons (Fsp3) is 0.0500. The smallest absolute Gasteiger partial charge is 0.153 e. The fourth-order valence-corrected chi connectivity index (χ4v) is 2.70. The van der Waals surface area contributed by atoms with Gasteiger partial charge in [0.1, 0.15) is 12.4 Å². The minimum atomic E-state index is 0.529. The van der Waals surface area contributed by atoms with Gasteiger partial charge in [0.15, 0.2) is 5.82 Å². The zero-order valence-electron chi connectivity index (χ0n) is 13.1. The second-order valence-electron chi connectivity index (χ2n) is 5.67. The molecule has 4 nitrogen and oxygen atoms in total. The van der Waals surface area contributed by atoms with Crippen molar-refractivity contribution in [3.8, 4) is 16.9 Å². The van der Waals surface area contributed by atoms with E-state index in [1.165, 1.54) is 0 Å². The Morgan fingerprint density at radius 2 is 1.62 bits per heavy atom. The molecule has 4 aromatic rings. The number of nitrogens with one attached hydrogen (secondary N) is 1. The molecular weight excluding hydrogens is 298 g/mol. The van der Waals surface area contributed by atoms with E-state index in [1.807, 2.05) is 42.5 Å². The number of aromatic amines is 1. The van der Waals surface area contributed by atoms with Crippen LogP contribution in [0.3, 0.4) is 0 Å². The average molecular weight is 315 g/mol. The number of anilines is 1. The Balaban J connectivity index is 1.52. The Morgan fingerprint density at radius 3 is 2.42 bits per heavy atom. The van der Waals surface area contributed by atoms with E-state index in [9.17, 15) is 0 Å². The summed E-state index contributed by atoms with van der Waals surface area (Å²) in [4.78, 5) is 0. The molecule has 0 saturated heterocycles. The Morgan fingerprint density at radius 1 is 0.875 bits per heavy atom. The normalized spacial score (nSPS) is 10.8. The fourth-order valence-electron chi connectivity index (χ4n) is 2.70. The van der Waals surface area contributed by atoms with Gasteiger partial charge in [0.2, 0.25) is 0 Å². The lowest BCUT2D eigenvalue weighted by Gasteiger charge is -2.08. The van der Waals surface area contributed by atoms with E-state index in [0.717, 1.165) is 33.3 Å². The van der Waals surface area contributed by atoms with Crippen LogP contribution in [0, 0.1) is 0 Å². The first-order valence-corrected chi connectivity index (χ1v) is 7.80. The van der Waals surface area contributed by atoms with Crippen LogP contribution in [-0.2, 0) is 6.61 Å². The summed E-state index contributed by atoms with van der Waals surface area (Å²) >= 11 is 0. The molecule has 24 heavy (non-hydrogen) atoms. The Bertz CT molecular complexity index is 959. The van der Waals surface area contributed by atoms with Gasteiger partial charge in [0.25, 0.3) is 0 Å². The number of nitrogen functional groups attached to an aromatic ring is 1. The van der Waals surface area contributed by atoms with Gasteiger partial charge in [-0.3, -0.25) is 5.10 Å². The number of ether oxygens (including phenoxy) is 1. The third kappa shape index (κ3) is 2.82. The second-order valence-corrected chi connectivity index (χ2v) is 5.67. The van der Waals surface area contributed by atoms with Gasteiger partial charge in [-0.1, -0.05) is 48.5 Å². The lowest BCUT2D eigenvalue weighted by molar-refractivity contribution is 0.306. The van der Waals surface area contributed by atoms with Crippen LogP contribution in [0.2, 0.25) is 0 Å². The highest BCUT2D eigenvalue weighted by Gasteiger charge is 2.05. The van der Waals surface area contributed by atoms with Crippen LogP contribution in [0.15, 0.2) is 72.8 Å². The van der Waals surface area contributed by atoms with Gasteiger partial charge < -0.3 is 10.5 Å². The van der Waals surface area contributed by atoms with E-state index < -0.39 is 0 Å². The molecule has 118 valence electrons. The molecule has 0 amide bonds. The maximum atomic E-state index is 5.82. The molecule has 4 rings (SSSR count). The molecule has 0 saturated carbocycles. The standard InChI is InChI=1S/C20H17N3O/c21-20-18-11-8-16(12-19(18)22-23-20)15-6-9-17(10-7-15)24-13-14-4-2-1-3-5-14/h1-12H,13H2,(H3,21,22,23). The largest absolute Gasteiger partial charge is 0.489 e. The molecule has 0 atom stereocenters. The van der Waals surface area contributed by atoms with Crippen LogP contribution >= 0.6 is 0 Å². The summed E-state index contributed by atoms with van der Waals surface area (Å²) in [6.45, 7) is 0.569. The van der Waals surface area contributed by atoms with Gasteiger partial charge >= 0.3 is 0 Å². The van der Waals surface area contributed by atoms with Crippen molar-refractivity contribution >= 4 is 16.7 Å². The quantitative estimate of drug-likeness (QED) is 0.587. The van der Waals surface area contributed by atoms with Crippen molar-refractivity contribution in [2.75, 3.05) is 5.73 Å². The topological polar surface area (TPSA) is 63.9 Å². The monoisotopic (exact) mass is 315 g/mol. The number of fused-ring (bicyclic) bond motifs is 1. The van der Waals surface area contributed by atoms with E-state index in [0.29, 0.717) is 12.4 Å². The van der Waals surface area contributed by atoms with Crippen molar-refractivity contribution in [3.05, 3.63) is 78.4 Å². The average Bonchev–Trinajstić information content (AvgIpc) is 3.02. The third-order valence-corrected chi connectivity index (χ3v) is 4.03. The number of rotatable bonds is 4. The molecule has 3 aromatic carbocycles. The minimum Gasteiger partial charge on any atom is -0.489 e. The molecule has 0 radical (unpaired) electrons. The molecule has 1 aromatic heterocycles. The number of H-pyrrole nitrogens is 1. The first kappa shape index (κ1) is 14.3. The summed E-state index contributed by atoms with van der Waals surface area (Å²) in [7, 11) is 0. The maximum Gasteiger partial charge on any atom is 0.153 e. The lowest BCUT2D eigenvalue weighted by Crippen LogP contribution is -1.94. The molecule has 0 bridgehead atoms. The molecule has 0 aliphatic carbocycles. The predicted molar refractivity (Wildman–Crippen MR) is 96.7 cm³/mol. The highest BCUT2D eigenvalue weighted by molar-refractivity contribution is 5.91. The van der Waals surface area contributed by atoms with Crippen molar-refractivity contribution in [1.29, 1.82) is 0 Å². The molecule has 0 spiro atoms. The van der Waals surface area contributed by atoms with Gasteiger partial charge in [0.05, 0.1) is 5.52 Å². The lowest BCUT2D eigenvalue weighted by atomic mass is 10.0. The second kappa shape index (κ2) is 6.08. The number of hydrogen-bond acceptors (Lipinski definition) is 3. The molecule has 3 N–H and O–H groups in total. The van der Waals surface area contributed by atoms with Crippen molar-refractivity contribution < 1.29 is 4.74 Å². The molecule has 0 unspecified atom stereocenters. The van der Waals surface area contributed by atoms with E-state index in [4.69, 9.17) is 10.5 Å². The number of aromatic nitrogens is 2. The molecule has 1 heterocycles. The summed E-state index contributed by atoms with van der Waals surface area (Å²) in [5.74, 6) is 1.38. The summed E-state index contributed by atoms with van der Waals surface area (Å²) in [5, 5.41) is 7.92. The van der Waals surface area contributed by atoms with Gasteiger partial charge in [-0.2, -0.15) is 5.10 Å². The molecule has 0 aliphatic heterocycles. The minimum absolute atomic E-state index is 0.529. The molecule has 0 fully saturated rings. The van der Waals surface area contributed by atoms with E-state index in [-0.39, 0.29) is 0 Å². The number of benzene rings is 3. The zero-order valence-corrected chi connectivity index (χ0v) is 13.1. The van der Waals surface area contributed by atoms with E-state index in [1.54, 1.807) is 0 Å². The van der Waals surface area contributed by atoms with Gasteiger partial charge in [-0.25, -0.2) is 0 Å². The molecular formula is C20H17N3O. The van der Waals surface area contributed by atoms with Crippen LogP contribution in [0.4, 0.5) is 5.82 Å². The first-order valence-electron chi connectivity index (χ1n) is 7.80. The van der Waals surface area contributed by atoms with Crippen molar-refractivity contribution in [1.82, 2.24) is 10.2 Å². The van der Waals surface area contributed by atoms with Gasteiger partial charge in [-0.15, -0.1) is 0 Å². The predicted octanol–water partition coefficient (Wildman–Crippen LogP) is 4.39. The summed E-state index contributed by atoms with van der Waals surface area (Å²) in [6.07, 6.45) is 0. The zero-order chi connectivity index (χ0) is 16.4. The van der Waals surface area contributed by atoms with Crippen LogP contribution in [-0.4, -0.2) is 10.2 Å². The van der Waals surface area contributed by atoms with Crippen LogP contribution < -0.4 is 10.5 Å². The number of nitrogens with two attached hydrogens (primary N) is 1. The highest BCUT2D eigenvalue weighted by Crippen LogP contribution is 2.27. The van der Waals surface area contributed by atoms with Crippen molar-refractivity contribution in [2.24, 2.45) is 0 Å². The summed E-state index contributed by atoms with van der Waals surface area (Å²) in [5.41, 5.74) is 10.1. The van der Waals surface area contributed by atoms with Crippen molar-refractivity contribution in [2.45, 2.75) is 6.61 Å². The summed E-state index contributed by atoms with van der Waals surface area (Å²) in [6, 6.07) is 24.3. The summed E-state index contributed by atoms with van der Waals surface area (Å²) < 4.78 is 5.82. The van der Waals surface area contributed by atoms with Crippen LogP contribution in [0.25, 0.3) is 22.0 Å². The Hall–Kier alpha value is -3.27. The maximum absolute atomic E-state index is 5.82. The van der Waals surface area contributed by atoms with Crippen molar-refractivity contribution in [3.63, 3.8) is 0 Å². The van der Waals surface area contributed by atoms with Gasteiger partial charge in [-0.05, 0) is 41.0 Å². The highest BCUT2D eigenvalue weighted by atomic mass is 16.5.